The summed E-state index contributed by atoms with van der Waals surface area (Å²) in [6.45, 7) is 0. The smallest absolute Gasteiger partial charge is 0.234 e. The average Bonchev–Trinajstić information content (AvgIpc) is 2.97. The predicted molar refractivity (Wildman–Crippen MR) is 96.6 cm³/mol. The van der Waals surface area contributed by atoms with E-state index in [1.54, 1.807) is 28.8 Å². The lowest BCUT2D eigenvalue weighted by atomic mass is 10.2. The molecular weight excluding hydrogens is 341 g/mol. The van der Waals surface area contributed by atoms with Gasteiger partial charge in [0, 0.05) is 18.3 Å². The van der Waals surface area contributed by atoms with E-state index in [0.29, 0.717) is 16.7 Å². The highest BCUT2D eigenvalue weighted by Crippen LogP contribution is 2.23. The Morgan fingerprint density at radius 2 is 1.92 bits per heavy atom. The van der Waals surface area contributed by atoms with Crippen LogP contribution in [0, 0.1) is 5.82 Å². The summed E-state index contributed by atoms with van der Waals surface area (Å²) < 4.78 is 15.3. The number of benzene rings is 2. The molecule has 0 bridgehead atoms. The first-order valence-electron chi connectivity index (χ1n) is 7.47. The Hall–Kier alpha value is -2.87. The van der Waals surface area contributed by atoms with Gasteiger partial charge in [-0.3, -0.25) is 4.79 Å². The summed E-state index contributed by atoms with van der Waals surface area (Å²) in [4.78, 5) is 12.0. The standard InChI is InChI=1S/C17H16FN5OS/c1-23-16(11-6-8-12(19)9-7-11)21-22-17(23)25-10-15(24)20-14-5-3-2-4-13(14)18/h2-9H,10,19H2,1H3,(H,20,24). The predicted octanol–water partition coefficient (Wildman–Crippen LogP) is 2.93. The van der Waals surface area contributed by atoms with Crippen molar-refractivity contribution in [2.45, 2.75) is 5.16 Å². The highest BCUT2D eigenvalue weighted by Gasteiger charge is 2.13. The Labute approximate surface area is 148 Å². The normalized spacial score (nSPS) is 10.6. The first-order valence-corrected chi connectivity index (χ1v) is 8.45. The number of carbonyl (C=O) groups is 1. The van der Waals surface area contributed by atoms with Crippen molar-refractivity contribution in [3.63, 3.8) is 0 Å². The third-order valence-electron chi connectivity index (χ3n) is 3.48. The van der Waals surface area contributed by atoms with E-state index in [9.17, 15) is 9.18 Å². The quantitative estimate of drug-likeness (QED) is 0.542. The summed E-state index contributed by atoms with van der Waals surface area (Å²) in [5.41, 5.74) is 7.40. The number of aromatic nitrogens is 3. The van der Waals surface area contributed by atoms with Gasteiger partial charge in [0.2, 0.25) is 5.91 Å². The summed E-state index contributed by atoms with van der Waals surface area (Å²) in [5, 5.41) is 11.4. The van der Waals surface area contributed by atoms with Gasteiger partial charge in [-0.15, -0.1) is 10.2 Å². The van der Waals surface area contributed by atoms with E-state index in [4.69, 9.17) is 5.73 Å². The molecule has 3 rings (SSSR count). The van der Waals surface area contributed by atoms with Crippen LogP contribution in [-0.4, -0.2) is 26.4 Å². The second kappa shape index (κ2) is 7.35. The summed E-state index contributed by atoms with van der Waals surface area (Å²) >= 11 is 1.23. The number of hydrogen-bond donors (Lipinski definition) is 2. The Balaban J connectivity index is 1.65. The summed E-state index contributed by atoms with van der Waals surface area (Å²) in [6, 6.07) is 13.3. The molecule has 0 spiro atoms. The van der Waals surface area contributed by atoms with E-state index in [2.05, 4.69) is 15.5 Å². The third kappa shape index (κ3) is 3.97. The molecule has 8 heteroatoms. The lowest BCUT2D eigenvalue weighted by Crippen LogP contribution is -2.15. The van der Waals surface area contributed by atoms with Crippen LogP contribution in [0.2, 0.25) is 0 Å². The summed E-state index contributed by atoms with van der Waals surface area (Å²) in [7, 11) is 1.82. The lowest BCUT2D eigenvalue weighted by molar-refractivity contribution is -0.113. The lowest BCUT2D eigenvalue weighted by Gasteiger charge is -2.06. The highest BCUT2D eigenvalue weighted by molar-refractivity contribution is 7.99. The third-order valence-corrected chi connectivity index (χ3v) is 4.50. The molecule has 1 aromatic heterocycles. The van der Waals surface area contributed by atoms with E-state index < -0.39 is 5.82 Å². The van der Waals surface area contributed by atoms with Crippen LogP contribution < -0.4 is 11.1 Å². The second-order valence-corrected chi connectivity index (χ2v) is 6.25. The monoisotopic (exact) mass is 357 g/mol. The maximum absolute atomic E-state index is 13.5. The topological polar surface area (TPSA) is 85.8 Å². The minimum Gasteiger partial charge on any atom is -0.399 e. The molecule has 0 aliphatic heterocycles. The van der Waals surface area contributed by atoms with Gasteiger partial charge in [-0.05, 0) is 36.4 Å². The maximum atomic E-state index is 13.5. The molecule has 0 unspecified atom stereocenters. The van der Waals surface area contributed by atoms with Crippen molar-refractivity contribution < 1.29 is 9.18 Å². The van der Waals surface area contributed by atoms with Gasteiger partial charge in [-0.25, -0.2) is 4.39 Å². The van der Waals surface area contributed by atoms with Crippen molar-refractivity contribution in [1.29, 1.82) is 0 Å². The molecule has 0 radical (unpaired) electrons. The number of nitrogens with two attached hydrogens (primary N) is 1. The van der Waals surface area contributed by atoms with Crippen LogP contribution in [0.5, 0.6) is 0 Å². The molecule has 0 aliphatic carbocycles. The molecule has 1 amide bonds. The van der Waals surface area contributed by atoms with E-state index in [-0.39, 0.29) is 17.3 Å². The maximum Gasteiger partial charge on any atom is 0.234 e. The van der Waals surface area contributed by atoms with Gasteiger partial charge in [-0.2, -0.15) is 0 Å². The number of rotatable bonds is 5. The minimum absolute atomic E-state index is 0.0993. The summed E-state index contributed by atoms with van der Waals surface area (Å²) in [5.74, 6) is -0.00326. The van der Waals surface area contributed by atoms with E-state index in [1.165, 1.54) is 23.9 Å². The first-order chi connectivity index (χ1) is 12.0. The Morgan fingerprint density at radius 3 is 2.64 bits per heavy atom. The van der Waals surface area contributed by atoms with Crippen molar-refractivity contribution >= 4 is 29.0 Å². The molecule has 25 heavy (non-hydrogen) atoms. The zero-order valence-electron chi connectivity index (χ0n) is 13.4. The van der Waals surface area contributed by atoms with Crippen LogP contribution in [0.15, 0.2) is 53.7 Å². The van der Waals surface area contributed by atoms with Gasteiger partial charge in [0.15, 0.2) is 11.0 Å². The zero-order valence-corrected chi connectivity index (χ0v) is 14.3. The van der Waals surface area contributed by atoms with Crippen molar-refractivity contribution in [3.05, 3.63) is 54.3 Å². The minimum atomic E-state index is -0.467. The molecule has 3 aromatic rings. The molecule has 2 aromatic carbocycles. The Kier molecular flexibility index (Phi) is 4.99. The number of amides is 1. The molecule has 128 valence electrons. The number of nitrogens with one attached hydrogen (secondary N) is 1. The molecule has 0 atom stereocenters. The first kappa shape index (κ1) is 17.0. The molecule has 0 aliphatic rings. The molecule has 6 nitrogen and oxygen atoms in total. The van der Waals surface area contributed by atoms with E-state index in [0.717, 1.165) is 5.56 Å². The fourth-order valence-electron chi connectivity index (χ4n) is 2.20. The average molecular weight is 357 g/mol. The number of nitrogen functional groups attached to an aromatic ring is 1. The fraction of sp³-hybridized carbons (Fsp3) is 0.118. The molecule has 3 N–H and O–H groups in total. The van der Waals surface area contributed by atoms with Crippen LogP contribution in [0.4, 0.5) is 15.8 Å². The van der Waals surface area contributed by atoms with E-state index in [1.807, 2.05) is 19.2 Å². The number of para-hydroxylation sites is 1. The molecule has 0 fully saturated rings. The van der Waals surface area contributed by atoms with Crippen LogP contribution in [-0.2, 0) is 11.8 Å². The van der Waals surface area contributed by atoms with Gasteiger partial charge >= 0.3 is 0 Å². The largest absolute Gasteiger partial charge is 0.399 e. The Morgan fingerprint density at radius 1 is 1.20 bits per heavy atom. The van der Waals surface area contributed by atoms with Crippen LogP contribution in [0.25, 0.3) is 11.4 Å². The molecule has 1 heterocycles. The number of thioether (sulfide) groups is 1. The van der Waals surface area contributed by atoms with Crippen molar-refractivity contribution in [2.24, 2.45) is 7.05 Å². The van der Waals surface area contributed by atoms with Gasteiger partial charge in [0.05, 0.1) is 11.4 Å². The van der Waals surface area contributed by atoms with Gasteiger partial charge < -0.3 is 15.6 Å². The van der Waals surface area contributed by atoms with Crippen molar-refractivity contribution in [1.82, 2.24) is 14.8 Å². The van der Waals surface area contributed by atoms with Crippen LogP contribution in [0.3, 0.4) is 0 Å². The number of halogens is 1. The fourth-order valence-corrected chi connectivity index (χ4v) is 2.91. The van der Waals surface area contributed by atoms with Crippen LogP contribution >= 0.6 is 11.8 Å². The number of nitrogens with zero attached hydrogens (tertiary/aromatic N) is 3. The van der Waals surface area contributed by atoms with Gasteiger partial charge in [0.1, 0.15) is 5.82 Å². The molecule has 0 saturated heterocycles. The SMILES string of the molecule is Cn1c(SCC(=O)Nc2ccccc2F)nnc1-c1ccc(N)cc1. The molecule has 0 saturated carbocycles. The van der Waals surface area contributed by atoms with Crippen LogP contribution in [0.1, 0.15) is 0 Å². The highest BCUT2D eigenvalue weighted by atomic mass is 32.2. The number of hydrogen-bond acceptors (Lipinski definition) is 5. The van der Waals surface area contributed by atoms with E-state index >= 15 is 0 Å². The van der Waals surface area contributed by atoms with Gasteiger partial charge in [0.25, 0.3) is 0 Å². The van der Waals surface area contributed by atoms with Crippen molar-refractivity contribution in [2.75, 3.05) is 16.8 Å². The second-order valence-electron chi connectivity index (χ2n) is 5.30. The summed E-state index contributed by atoms with van der Waals surface area (Å²) in [6.07, 6.45) is 0. The Bertz CT molecular complexity index is 894. The number of anilines is 2. The zero-order chi connectivity index (χ0) is 17.8. The molecular formula is C17H16FN5OS. The van der Waals surface area contributed by atoms with Crippen molar-refractivity contribution in [3.8, 4) is 11.4 Å². The van der Waals surface area contributed by atoms with Gasteiger partial charge in [-0.1, -0.05) is 23.9 Å². The number of carbonyl (C=O) groups excluding carboxylic acids is 1.